The Morgan fingerprint density at radius 1 is 1.45 bits per heavy atom. The van der Waals surface area contributed by atoms with E-state index in [4.69, 9.17) is 0 Å². The van der Waals surface area contributed by atoms with Gasteiger partial charge in [-0.25, -0.2) is 8.78 Å². The molecule has 0 fully saturated rings. The number of halogens is 2. The van der Waals surface area contributed by atoms with Gasteiger partial charge in [0.2, 0.25) is 6.43 Å². The van der Waals surface area contributed by atoms with Crippen LogP contribution >= 0.6 is 0 Å². The monoisotopic (exact) mass is 158 g/mol. The first-order chi connectivity index (χ1) is 5.09. The number of alkyl halides is 2. The van der Waals surface area contributed by atoms with Gasteiger partial charge in [0.15, 0.2) is 0 Å². The lowest BCUT2D eigenvalue weighted by atomic mass is 10.0. The average Bonchev–Trinajstić information content (AvgIpc) is 1.98. The minimum atomic E-state index is -2.34. The van der Waals surface area contributed by atoms with Gasteiger partial charge in [-0.3, -0.25) is 0 Å². The van der Waals surface area contributed by atoms with Crippen LogP contribution in [-0.2, 0) is 0 Å². The van der Waals surface area contributed by atoms with Crippen LogP contribution in [0.2, 0.25) is 0 Å². The largest absolute Gasteiger partial charge is 0.245 e. The molecule has 0 N–H and O–H groups in total. The number of hydrogen-bond acceptors (Lipinski definition) is 0. The molecule has 11 heavy (non-hydrogen) atoms. The quantitative estimate of drug-likeness (QED) is 0.551. The lowest BCUT2D eigenvalue weighted by Gasteiger charge is -2.08. The van der Waals surface area contributed by atoms with Crippen molar-refractivity contribution in [3.63, 3.8) is 0 Å². The second-order valence-electron chi connectivity index (χ2n) is 2.29. The van der Waals surface area contributed by atoms with Crippen molar-refractivity contribution in [3.05, 3.63) is 37.0 Å². The molecule has 0 rings (SSSR count). The molecule has 0 aromatic carbocycles. The molecule has 1 atom stereocenters. The van der Waals surface area contributed by atoms with E-state index in [1.165, 1.54) is 13.0 Å². The van der Waals surface area contributed by atoms with Crippen molar-refractivity contribution in [2.75, 3.05) is 0 Å². The smallest absolute Gasteiger partial charge is 0.210 e. The summed E-state index contributed by atoms with van der Waals surface area (Å²) < 4.78 is 24.0. The van der Waals surface area contributed by atoms with Gasteiger partial charge in [-0.15, -0.1) is 0 Å². The molecule has 0 aliphatic rings. The molecule has 2 heteroatoms. The Morgan fingerprint density at radius 3 is 2.36 bits per heavy atom. The second kappa shape index (κ2) is 4.83. The Bertz CT molecular complexity index is 168. The number of hydrogen-bond donors (Lipinski definition) is 0. The highest BCUT2D eigenvalue weighted by atomic mass is 19.3. The molecule has 0 nitrogen and oxygen atoms in total. The highest BCUT2D eigenvalue weighted by Gasteiger charge is 2.15. The van der Waals surface area contributed by atoms with Crippen LogP contribution in [0.25, 0.3) is 0 Å². The lowest BCUT2D eigenvalue weighted by Crippen LogP contribution is -2.07. The Morgan fingerprint density at radius 2 is 2.00 bits per heavy atom. The maximum atomic E-state index is 12.0. The van der Waals surface area contributed by atoms with Gasteiger partial charge in [0.1, 0.15) is 0 Å². The zero-order chi connectivity index (χ0) is 8.85. The summed E-state index contributed by atoms with van der Waals surface area (Å²) in [5, 5.41) is 0. The van der Waals surface area contributed by atoms with Crippen LogP contribution in [0.4, 0.5) is 8.78 Å². The zero-order valence-electron chi connectivity index (χ0n) is 6.56. The molecule has 0 heterocycles. The van der Waals surface area contributed by atoms with E-state index in [1.54, 1.807) is 12.2 Å². The summed E-state index contributed by atoms with van der Waals surface area (Å²) in [6.45, 7) is 8.37. The van der Waals surface area contributed by atoms with E-state index in [0.717, 1.165) is 0 Å². The summed E-state index contributed by atoms with van der Waals surface area (Å²) in [5.41, 5.74) is 0.430. The minimum absolute atomic E-state index is 0.430. The molecule has 62 valence electrons. The Labute approximate surface area is 65.9 Å². The first-order valence-electron chi connectivity index (χ1n) is 3.35. The van der Waals surface area contributed by atoms with Crippen molar-refractivity contribution in [1.29, 1.82) is 0 Å². The Balaban J connectivity index is 4.03. The molecular formula is C9H12F2. The summed E-state index contributed by atoms with van der Waals surface area (Å²) in [7, 11) is 0. The van der Waals surface area contributed by atoms with E-state index < -0.39 is 12.3 Å². The van der Waals surface area contributed by atoms with Gasteiger partial charge in [0.25, 0.3) is 0 Å². The van der Waals surface area contributed by atoms with Crippen LogP contribution < -0.4 is 0 Å². The Hall–Kier alpha value is -0.920. The van der Waals surface area contributed by atoms with Crippen LogP contribution in [0.1, 0.15) is 6.92 Å². The molecule has 0 aliphatic heterocycles. The summed E-state index contributed by atoms with van der Waals surface area (Å²) in [4.78, 5) is 0. The molecule has 0 aliphatic carbocycles. The number of rotatable bonds is 4. The molecule has 1 unspecified atom stereocenters. The third kappa shape index (κ3) is 3.71. The van der Waals surface area contributed by atoms with Crippen molar-refractivity contribution in [3.8, 4) is 0 Å². The predicted molar refractivity (Wildman–Crippen MR) is 43.6 cm³/mol. The topological polar surface area (TPSA) is 0 Å². The maximum Gasteiger partial charge on any atom is 0.245 e. The third-order valence-electron chi connectivity index (χ3n) is 1.41. The van der Waals surface area contributed by atoms with Crippen molar-refractivity contribution in [2.24, 2.45) is 5.92 Å². The van der Waals surface area contributed by atoms with E-state index in [1.807, 2.05) is 0 Å². The summed E-state index contributed by atoms with van der Waals surface area (Å²) in [5.74, 6) is -0.772. The third-order valence-corrected chi connectivity index (χ3v) is 1.41. The lowest BCUT2D eigenvalue weighted by molar-refractivity contribution is 0.105. The van der Waals surface area contributed by atoms with Gasteiger partial charge < -0.3 is 0 Å². The fraction of sp³-hybridized carbons (Fsp3) is 0.333. The molecule has 0 saturated carbocycles. The fourth-order valence-electron chi connectivity index (χ4n) is 0.505. The molecule has 0 spiro atoms. The molecule has 0 aromatic rings. The fourth-order valence-corrected chi connectivity index (χ4v) is 0.505. The molecule has 0 bridgehead atoms. The van der Waals surface area contributed by atoms with Crippen LogP contribution in [0.3, 0.4) is 0 Å². The van der Waals surface area contributed by atoms with E-state index in [-0.39, 0.29) is 0 Å². The highest BCUT2D eigenvalue weighted by Crippen LogP contribution is 2.17. The summed E-state index contributed by atoms with van der Waals surface area (Å²) >= 11 is 0. The minimum Gasteiger partial charge on any atom is -0.210 e. The van der Waals surface area contributed by atoms with Gasteiger partial charge in [-0.05, 0) is 5.57 Å². The van der Waals surface area contributed by atoms with Crippen LogP contribution in [0.5, 0.6) is 0 Å². The summed E-state index contributed by atoms with van der Waals surface area (Å²) in [6.07, 6.45) is 2.34. The molecule has 0 aromatic heterocycles. The maximum absolute atomic E-state index is 12.0. The van der Waals surface area contributed by atoms with Gasteiger partial charge in [-0.2, -0.15) is 0 Å². The molecule has 0 radical (unpaired) electrons. The highest BCUT2D eigenvalue weighted by molar-refractivity contribution is 5.20. The normalized spacial score (nSPS) is 13.8. The van der Waals surface area contributed by atoms with Crippen LogP contribution in [0, 0.1) is 5.92 Å². The summed E-state index contributed by atoms with van der Waals surface area (Å²) in [6, 6.07) is 0. The zero-order valence-corrected chi connectivity index (χ0v) is 6.56. The van der Waals surface area contributed by atoms with Crippen molar-refractivity contribution >= 4 is 0 Å². The van der Waals surface area contributed by atoms with Crippen LogP contribution in [-0.4, -0.2) is 6.43 Å². The first-order valence-corrected chi connectivity index (χ1v) is 3.35. The molecular weight excluding hydrogens is 146 g/mol. The van der Waals surface area contributed by atoms with Crippen molar-refractivity contribution in [2.45, 2.75) is 13.3 Å². The van der Waals surface area contributed by atoms with Crippen LogP contribution in [0.15, 0.2) is 37.0 Å². The van der Waals surface area contributed by atoms with Gasteiger partial charge in [0.05, 0.1) is 0 Å². The average molecular weight is 158 g/mol. The van der Waals surface area contributed by atoms with Crippen molar-refractivity contribution in [1.82, 2.24) is 0 Å². The first kappa shape index (κ1) is 10.1. The SMILES string of the molecule is C=C/C=C\C(=C)C(C)C(F)F. The van der Waals surface area contributed by atoms with Crippen molar-refractivity contribution < 1.29 is 8.78 Å². The van der Waals surface area contributed by atoms with Gasteiger partial charge >= 0.3 is 0 Å². The van der Waals surface area contributed by atoms with Gasteiger partial charge in [-0.1, -0.05) is 38.3 Å². The molecule has 0 amide bonds. The second-order valence-corrected chi connectivity index (χ2v) is 2.29. The number of allylic oxidation sites excluding steroid dienone is 4. The molecule has 0 saturated heterocycles. The Kier molecular flexibility index (Phi) is 4.42. The van der Waals surface area contributed by atoms with E-state index in [9.17, 15) is 8.78 Å². The standard InChI is InChI=1S/C9H12F2/c1-4-5-6-7(2)8(3)9(10)11/h4-6,8-9H,1-2H2,3H3/b6-5-. The van der Waals surface area contributed by atoms with E-state index >= 15 is 0 Å². The van der Waals surface area contributed by atoms with E-state index in [2.05, 4.69) is 13.2 Å². The van der Waals surface area contributed by atoms with Gasteiger partial charge in [0, 0.05) is 5.92 Å². The predicted octanol–water partition coefficient (Wildman–Crippen LogP) is 3.19. The van der Waals surface area contributed by atoms with E-state index in [0.29, 0.717) is 5.57 Å².